The van der Waals surface area contributed by atoms with Crippen LogP contribution in [0.2, 0.25) is 10.0 Å². The quantitative estimate of drug-likeness (QED) is 0.804. The molecule has 100 valence electrons. The van der Waals surface area contributed by atoms with E-state index in [0.717, 1.165) is 15.6 Å². The van der Waals surface area contributed by atoms with E-state index in [0.29, 0.717) is 16.5 Å². The molecule has 0 amide bonds. The van der Waals surface area contributed by atoms with Crippen molar-refractivity contribution < 1.29 is 0 Å². The van der Waals surface area contributed by atoms with Gasteiger partial charge in [-0.1, -0.05) is 57.3 Å². The highest BCUT2D eigenvalue weighted by Gasteiger charge is 2.24. The van der Waals surface area contributed by atoms with Crippen molar-refractivity contribution in [1.82, 2.24) is 0 Å². The van der Waals surface area contributed by atoms with Gasteiger partial charge in [0.1, 0.15) is 0 Å². The van der Waals surface area contributed by atoms with Crippen molar-refractivity contribution in [2.45, 2.75) is 18.9 Å². The molecule has 2 rings (SSSR count). The van der Waals surface area contributed by atoms with Crippen LogP contribution >= 0.6 is 39.1 Å². The van der Waals surface area contributed by atoms with Gasteiger partial charge in [-0.2, -0.15) is 0 Å². The summed E-state index contributed by atoms with van der Waals surface area (Å²) in [7, 11) is 0. The molecule has 0 aromatic heterocycles. The van der Waals surface area contributed by atoms with Crippen LogP contribution in [-0.4, -0.2) is 0 Å². The van der Waals surface area contributed by atoms with Gasteiger partial charge in [0.2, 0.25) is 0 Å². The SMILES string of the molecule is CC(N)(Cc1c(Cl)cccc1Cl)c1ccc(Br)cc1. The minimum absolute atomic E-state index is 0.519. The molecule has 2 N–H and O–H groups in total. The molecule has 0 spiro atoms. The summed E-state index contributed by atoms with van der Waals surface area (Å²) in [4.78, 5) is 0. The molecule has 0 fully saturated rings. The first-order valence-electron chi connectivity index (χ1n) is 5.88. The van der Waals surface area contributed by atoms with Gasteiger partial charge in [-0.05, 0) is 48.7 Å². The molecule has 2 aromatic carbocycles. The maximum absolute atomic E-state index is 6.43. The number of rotatable bonds is 3. The first-order valence-corrected chi connectivity index (χ1v) is 7.43. The van der Waals surface area contributed by atoms with Crippen LogP contribution in [0.25, 0.3) is 0 Å². The molecule has 1 nitrogen and oxygen atoms in total. The summed E-state index contributed by atoms with van der Waals surface area (Å²) >= 11 is 15.8. The van der Waals surface area contributed by atoms with Gasteiger partial charge in [-0.25, -0.2) is 0 Å². The first kappa shape index (κ1) is 14.9. The highest BCUT2D eigenvalue weighted by atomic mass is 79.9. The topological polar surface area (TPSA) is 26.0 Å². The molecule has 1 atom stereocenters. The Kier molecular flexibility index (Phi) is 4.57. The summed E-state index contributed by atoms with van der Waals surface area (Å²) in [5.74, 6) is 0. The monoisotopic (exact) mass is 357 g/mol. The number of benzene rings is 2. The second-order valence-corrected chi connectivity index (χ2v) is 6.53. The highest BCUT2D eigenvalue weighted by molar-refractivity contribution is 9.10. The van der Waals surface area contributed by atoms with Crippen LogP contribution in [0.4, 0.5) is 0 Å². The zero-order chi connectivity index (χ0) is 14.0. The van der Waals surface area contributed by atoms with E-state index in [1.807, 2.05) is 49.4 Å². The lowest BCUT2D eigenvalue weighted by Gasteiger charge is -2.26. The molecule has 0 saturated carbocycles. The van der Waals surface area contributed by atoms with E-state index in [1.165, 1.54) is 0 Å². The molecule has 19 heavy (non-hydrogen) atoms. The van der Waals surface area contributed by atoms with Crippen molar-refractivity contribution in [2.75, 3.05) is 0 Å². The minimum Gasteiger partial charge on any atom is -0.321 e. The van der Waals surface area contributed by atoms with E-state index in [-0.39, 0.29) is 0 Å². The van der Waals surface area contributed by atoms with Crippen LogP contribution in [0.15, 0.2) is 46.9 Å². The van der Waals surface area contributed by atoms with Crippen molar-refractivity contribution in [3.8, 4) is 0 Å². The number of nitrogens with two attached hydrogens (primary N) is 1. The number of hydrogen-bond acceptors (Lipinski definition) is 1. The van der Waals surface area contributed by atoms with Crippen molar-refractivity contribution in [1.29, 1.82) is 0 Å². The summed E-state index contributed by atoms with van der Waals surface area (Å²) in [5.41, 5.74) is 7.84. The summed E-state index contributed by atoms with van der Waals surface area (Å²) in [6, 6.07) is 13.5. The van der Waals surface area contributed by atoms with Crippen LogP contribution in [0.3, 0.4) is 0 Å². The Hall–Kier alpha value is -0.540. The molecule has 1 unspecified atom stereocenters. The third-order valence-electron chi connectivity index (χ3n) is 3.11. The van der Waals surface area contributed by atoms with E-state index in [9.17, 15) is 0 Å². The average Bonchev–Trinajstić information content (AvgIpc) is 2.35. The molecular formula is C15H14BrCl2N. The largest absolute Gasteiger partial charge is 0.321 e. The normalized spacial score (nSPS) is 14.2. The van der Waals surface area contributed by atoms with Gasteiger partial charge in [0.25, 0.3) is 0 Å². The molecule has 0 aliphatic rings. The molecule has 2 aromatic rings. The fraction of sp³-hybridized carbons (Fsp3) is 0.200. The Balaban J connectivity index is 2.33. The van der Waals surface area contributed by atoms with Crippen molar-refractivity contribution in [3.05, 3.63) is 68.1 Å². The molecule has 0 heterocycles. The Morgan fingerprint density at radius 1 is 1.05 bits per heavy atom. The third-order valence-corrected chi connectivity index (χ3v) is 4.35. The van der Waals surface area contributed by atoms with Gasteiger partial charge in [0.05, 0.1) is 0 Å². The number of hydrogen-bond donors (Lipinski definition) is 1. The lowest BCUT2D eigenvalue weighted by atomic mass is 9.86. The van der Waals surface area contributed by atoms with Gasteiger partial charge >= 0.3 is 0 Å². The van der Waals surface area contributed by atoms with Gasteiger partial charge in [-0.15, -0.1) is 0 Å². The maximum Gasteiger partial charge on any atom is 0.0453 e. The third kappa shape index (κ3) is 3.51. The summed E-state index contributed by atoms with van der Waals surface area (Å²) < 4.78 is 1.03. The molecule has 0 radical (unpaired) electrons. The number of halogens is 3. The van der Waals surface area contributed by atoms with E-state index in [4.69, 9.17) is 28.9 Å². The Morgan fingerprint density at radius 2 is 1.58 bits per heavy atom. The average molecular weight is 359 g/mol. The van der Waals surface area contributed by atoms with Crippen molar-refractivity contribution >= 4 is 39.1 Å². The lowest BCUT2D eigenvalue weighted by molar-refractivity contribution is 0.491. The second kappa shape index (κ2) is 5.84. The molecule has 0 aliphatic heterocycles. The Morgan fingerprint density at radius 3 is 2.11 bits per heavy atom. The predicted octanol–water partition coefficient (Wildman–Crippen LogP) is 5.17. The van der Waals surface area contributed by atoms with E-state index >= 15 is 0 Å². The van der Waals surface area contributed by atoms with Gasteiger partial charge in [-0.3, -0.25) is 0 Å². The van der Waals surface area contributed by atoms with Gasteiger partial charge < -0.3 is 5.73 Å². The molecular weight excluding hydrogens is 345 g/mol. The van der Waals surface area contributed by atoms with Crippen LogP contribution in [0.5, 0.6) is 0 Å². The first-order chi connectivity index (χ1) is 8.90. The smallest absolute Gasteiger partial charge is 0.0453 e. The Bertz CT molecular complexity index is 559. The van der Waals surface area contributed by atoms with E-state index in [1.54, 1.807) is 0 Å². The highest BCUT2D eigenvalue weighted by Crippen LogP contribution is 2.31. The summed E-state index contributed by atoms with van der Waals surface area (Å²) in [6.07, 6.45) is 0.590. The molecule has 0 aliphatic carbocycles. The maximum atomic E-state index is 6.43. The zero-order valence-corrected chi connectivity index (χ0v) is 13.6. The van der Waals surface area contributed by atoms with Crippen LogP contribution in [0.1, 0.15) is 18.1 Å². The van der Waals surface area contributed by atoms with Gasteiger partial charge in [0, 0.05) is 20.1 Å². The van der Waals surface area contributed by atoms with Crippen LogP contribution in [-0.2, 0) is 12.0 Å². The molecule has 4 heteroatoms. The molecule has 0 bridgehead atoms. The molecule has 0 saturated heterocycles. The lowest BCUT2D eigenvalue weighted by Crippen LogP contribution is -2.35. The Labute approximate surface area is 131 Å². The standard InChI is InChI=1S/C15H14BrCl2N/c1-15(19,10-5-7-11(16)8-6-10)9-12-13(17)3-2-4-14(12)18/h2-8H,9,19H2,1H3. The van der Waals surface area contributed by atoms with Crippen LogP contribution < -0.4 is 5.73 Å². The zero-order valence-electron chi connectivity index (χ0n) is 10.5. The fourth-order valence-corrected chi connectivity index (χ4v) is 2.80. The summed E-state index contributed by atoms with van der Waals surface area (Å²) in [5, 5.41) is 1.31. The van der Waals surface area contributed by atoms with E-state index in [2.05, 4.69) is 15.9 Å². The van der Waals surface area contributed by atoms with Gasteiger partial charge in [0.15, 0.2) is 0 Å². The van der Waals surface area contributed by atoms with Crippen molar-refractivity contribution in [3.63, 3.8) is 0 Å². The minimum atomic E-state index is -0.519. The fourth-order valence-electron chi connectivity index (χ4n) is 2.00. The van der Waals surface area contributed by atoms with Crippen molar-refractivity contribution in [2.24, 2.45) is 5.73 Å². The second-order valence-electron chi connectivity index (χ2n) is 4.80. The van der Waals surface area contributed by atoms with Crippen LogP contribution in [0, 0.1) is 0 Å². The predicted molar refractivity (Wildman–Crippen MR) is 85.8 cm³/mol. The summed E-state index contributed by atoms with van der Waals surface area (Å²) in [6.45, 7) is 1.98. The van der Waals surface area contributed by atoms with E-state index < -0.39 is 5.54 Å².